The normalized spacial score (nSPS) is 11.0. The summed E-state index contributed by atoms with van der Waals surface area (Å²) in [6.07, 6.45) is 0. The molecule has 0 atom stereocenters. The van der Waals surface area contributed by atoms with Crippen molar-refractivity contribution in [1.29, 1.82) is 0 Å². The monoisotopic (exact) mass is 396 g/mol. The van der Waals surface area contributed by atoms with Gasteiger partial charge >= 0.3 is 0 Å². The summed E-state index contributed by atoms with van der Waals surface area (Å²) in [4.78, 5) is 14.3. The minimum atomic E-state index is -0.263. The maximum Gasteiger partial charge on any atom is 0.287 e. The van der Waals surface area contributed by atoms with Gasteiger partial charge in [0.15, 0.2) is 5.76 Å². The van der Waals surface area contributed by atoms with Gasteiger partial charge in [0.1, 0.15) is 11.6 Å². The number of methoxy groups -OCH3 is 1. The third kappa shape index (κ3) is 6.55. The zero-order valence-electron chi connectivity index (χ0n) is 16.4. The molecule has 0 fully saturated rings. The first kappa shape index (κ1) is 20.8. The summed E-state index contributed by atoms with van der Waals surface area (Å²) in [5, 5.41) is 2.74. The van der Waals surface area contributed by atoms with E-state index in [9.17, 15) is 9.18 Å². The van der Waals surface area contributed by atoms with E-state index < -0.39 is 0 Å². The quantitative estimate of drug-likeness (QED) is 0.527. The number of nitrogens with one attached hydrogen (secondary N) is 1. The van der Waals surface area contributed by atoms with Gasteiger partial charge in [0.05, 0.1) is 13.2 Å². The molecule has 0 saturated carbocycles. The number of halogens is 1. The van der Waals surface area contributed by atoms with Gasteiger partial charge in [-0.05, 0) is 35.4 Å². The van der Waals surface area contributed by atoms with Gasteiger partial charge in [-0.15, -0.1) is 0 Å². The molecule has 152 valence electrons. The van der Waals surface area contributed by atoms with E-state index in [4.69, 9.17) is 9.15 Å². The molecular formula is C23H25FN2O3. The first-order valence-corrected chi connectivity index (χ1v) is 9.50. The predicted molar refractivity (Wildman–Crippen MR) is 109 cm³/mol. The Bertz CT molecular complexity index is 894. The van der Waals surface area contributed by atoms with Crippen molar-refractivity contribution in [3.8, 4) is 0 Å². The van der Waals surface area contributed by atoms with E-state index >= 15 is 0 Å². The lowest BCUT2D eigenvalue weighted by atomic mass is 10.1. The number of ether oxygens (including phenoxy) is 1. The van der Waals surface area contributed by atoms with Gasteiger partial charge in [-0.1, -0.05) is 42.5 Å². The van der Waals surface area contributed by atoms with Crippen LogP contribution >= 0.6 is 0 Å². The molecule has 1 amide bonds. The van der Waals surface area contributed by atoms with Crippen molar-refractivity contribution in [2.75, 3.05) is 20.3 Å². The minimum Gasteiger partial charge on any atom is -0.455 e. The third-order valence-electron chi connectivity index (χ3n) is 4.43. The molecule has 3 rings (SSSR count). The summed E-state index contributed by atoms with van der Waals surface area (Å²) in [7, 11) is 1.58. The van der Waals surface area contributed by atoms with E-state index in [-0.39, 0.29) is 17.5 Å². The fraction of sp³-hybridized carbons (Fsp3) is 0.261. The number of rotatable bonds is 10. The van der Waals surface area contributed by atoms with Crippen LogP contribution in [0.1, 0.15) is 27.4 Å². The Morgan fingerprint density at radius 1 is 0.966 bits per heavy atom. The Balaban J connectivity index is 1.69. The van der Waals surface area contributed by atoms with E-state index in [1.165, 1.54) is 17.7 Å². The molecule has 0 aliphatic rings. The van der Waals surface area contributed by atoms with Crippen LogP contribution in [-0.2, 0) is 24.4 Å². The van der Waals surface area contributed by atoms with Crippen LogP contribution in [0.15, 0.2) is 71.1 Å². The highest BCUT2D eigenvalue weighted by molar-refractivity contribution is 5.91. The lowest BCUT2D eigenvalue weighted by Gasteiger charge is -2.21. The lowest BCUT2D eigenvalue weighted by molar-refractivity contribution is 0.0905. The van der Waals surface area contributed by atoms with Crippen LogP contribution in [0.3, 0.4) is 0 Å². The molecule has 0 aliphatic heterocycles. The maximum atomic E-state index is 13.2. The SMILES string of the molecule is COCCNC(=O)c1ccc(CN(Cc2ccccc2)Cc2ccc(F)cc2)o1. The molecule has 0 saturated heterocycles. The van der Waals surface area contributed by atoms with Gasteiger partial charge in [0.2, 0.25) is 0 Å². The third-order valence-corrected chi connectivity index (χ3v) is 4.43. The summed E-state index contributed by atoms with van der Waals surface area (Å²) in [6, 6.07) is 20.1. The molecular weight excluding hydrogens is 371 g/mol. The van der Waals surface area contributed by atoms with Crippen LogP contribution in [0.4, 0.5) is 4.39 Å². The molecule has 2 aromatic carbocycles. The van der Waals surface area contributed by atoms with Crippen LogP contribution in [0.2, 0.25) is 0 Å². The minimum absolute atomic E-state index is 0.251. The Morgan fingerprint density at radius 3 is 2.34 bits per heavy atom. The van der Waals surface area contributed by atoms with Gasteiger partial charge in [-0.2, -0.15) is 0 Å². The standard InChI is InChI=1S/C23H25FN2O3/c1-28-14-13-25-23(27)22-12-11-21(29-22)17-26(15-18-5-3-2-4-6-18)16-19-7-9-20(24)10-8-19/h2-12H,13-17H2,1H3,(H,25,27). The van der Waals surface area contributed by atoms with Crippen molar-refractivity contribution in [3.05, 3.63) is 95.2 Å². The lowest BCUT2D eigenvalue weighted by Crippen LogP contribution is -2.26. The summed E-state index contributed by atoms with van der Waals surface area (Å²) in [5.41, 5.74) is 2.17. The first-order chi connectivity index (χ1) is 14.1. The van der Waals surface area contributed by atoms with E-state index in [0.717, 1.165) is 5.56 Å². The molecule has 0 aliphatic carbocycles. The molecule has 1 aromatic heterocycles. The van der Waals surface area contributed by atoms with Crippen molar-refractivity contribution in [3.63, 3.8) is 0 Å². The molecule has 1 N–H and O–H groups in total. The van der Waals surface area contributed by atoms with E-state index in [1.54, 1.807) is 25.3 Å². The highest BCUT2D eigenvalue weighted by Gasteiger charge is 2.14. The van der Waals surface area contributed by atoms with E-state index in [2.05, 4.69) is 22.3 Å². The summed E-state index contributed by atoms with van der Waals surface area (Å²) in [6.45, 7) is 2.73. The van der Waals surface area contributed by atoms with Crippen molar-refractivity contribution in [2.24, 2.45) is 0 Å². The van der Waals surface area contributed by atoms with Crippen molar-refractivity contribution >= 4 is 5.91 Å². The van der Waals surface area contributed by atoms with Crippen LogP contribution in [-0.4, -0.2) is 31.1 Å². The molecule has 0 radical (unpaired) electrons. The number of carbonyl (C=O) groups is 1. The first-order valence-electron chi connectivity index (χ1n) is 9.50. The van der Waals surface area contributed by atoms with Crippen molar-refractivity contribution in [1.82, 2.24) is 10.2 Å². The molecule has 0 bridgehead atoms. The zero-order valence-corrected chi connectivity index (χ0v) is 16.4. The Kier molecular flexibility index (Phi) is 7.55. The van der Waals surface area contributed by atoms with Crippen LogP contribution in [0.25, 0.3) is 0 Å². The van der Waals surface area contributed by atoms with E-state index in [1.807, 2.05) is 24.3 Å². The molecule has 3 aromatic rings. The largest absolute Gasteiger partial charge is 0.455 e. The highest BCUT2D eigenvalue weighted by atomic mass is 19.1. The smallest absolute Gasteiger partial charge is 0.287 e. The van der Waals surface area contributed by atoms with Crippen LogP contribution in [0, 0.1) is 5.82 Å². The average molecular weight is 396 g/mol. The highest BCUT2D eigenvalue weighted by Crippen LogP contribution is 2.16. The fourth-order valence-corrected chi connectivity index (χ4v) is 3.02. The van der Waals surface area contributed by atoms with Gasteiger partial charge in [0.25, 0.3) is 5.91 Å². The summed E-state index contributed by atoms with van der Waals surface area (Å²) >= 11 is 0. The Morgan fingerprint density at radius 2 is 1.66 bits per heavy atom. The molecule has 0 spiro atoms. The molecule has 29 heavy (non-hydrogen) atoms. The number of hydrogen-bond donors (Lipinski definition) is 1. The van der Waals surface area contributed by atoms with Crippen LogP contribution in [0.5, 0.6) is 0 Å². The molecule has 1 heterocycles. The van der Waals surface area contributed by atoms with Gasteiger partial charge in [0, 0.05) is 26.7 Å². The number of furan rings is 1. The Hall–Kier alpha value is -2.96. The molecule has 0 unspecified atom stereocenters. The molecule has 6 heteroatoms. The fourth-order valence-electron chi connectivity index (χ4n) is 3.02. The summed E-state index contributed by atoms with van der Waals surface area (Å²) in [5.74, 6) is 0.456. The second kappa shape index (κ2) is 10.5. The predicted octanol–water partition coefficient (Wildman–Crippen LogP) is 4.00. The van der Waals surface area contributed by atoms with Crippen molar-refractivity contribution < 1.29 is 18.3 Å². The topological polar surface area (TPSA) is 54.7 Å². The van der Waals surface area contributed by atoms with Gasteiger partial charge in [-0.25, -0.2) is 4.39 Å². The second-order valence-corrected chi connectivity index (χ2v) is 6.77. The summed E-state index contributed by atoms with van der Waals surface area (Å²) < 4.78 is 23.9. The van der Waals surface area contributed by atoms with Gasteiger partial charge in [-0.3, -0.25) is 9.69 Å². The van der Waals surface area contributed by atoms with Crippen molar-refractivity contribution in [2.45, 2.75) is 19.6 Å². The molecule has 5 nitrogen and oxygen atoms in total. The number of carbonyl (C=O) groups excluding carboxylic acids is 1. The maximum absolute atomic E-state index is 13.2. The zero-order chi connectivity index (χ0) is 20.5. The van der Waals surface area contributed by atoms with E-state index in [0.29, 0.717) is 38.5 Å². The number of nitrogens with zero attached hydrogens (tertiary/aromatic N) is 1. The number of hydrogen-bond acceptors (Lipinski definition) is 4. The number of amides is 1. The average Bonchev–Trinajstić information content (AvgIpc) is 3.19. The Labute approximate surface area is 170 Å². The van der Waals surface area contributed by atoms with Gasteiger partial charge < -0.3 is 14.5 Å². The second-order valence-electron chi connectivity index (χ2n) is 6.77. The number of benzene rings is 2. The van der Waals surface area contributed by atoms with Crippen LogP contribution < -0.4 is 5.32 Å².